The van der Waals surface area contributed by atoms with Gasteiger partial charge in [0.25, 0.3) is 0 Å². The molecule has 0 aliphatic heterocycles. The molecule has 0 nitrogen and oxygen atoms in total. The van der Waals surface area contributed by atoms with Gasteiger partial charge in [-0.25, -0.2) is 0 Å². The van der Waals surface area contributed by atoms with Crippen LogP contribution in [0.25, 0.3) is 0 Å². The Morgan fingerprint density at radius 1 is 0.933 bits per heavy atom. The van der Waals surface area contributed by atoms with Gasteiger partial charge in [0.15, 0.2) is 0 Å². The van der Waals surface area contributed by atoms with Gasteiger partial charge in [-0.2, -0.15) is 0 Å². The molecule has 2 bridgehead atoms. The van der Waals surface area contributed by atoms with Gasteiger partial charge < -0.3 is 0 Å². The maximum Gasteiger partial charge on any atom is -0.0334 e. The molecule has 0 spiro atoms. The first-order valence-electron chi connectivity index (χ1n) is 6.39. The van der Waals surface area contributed by atoms with Crippen LogP contribution >= 0.6 is 0 Å². The SMILES string of the molecule is C.CC(C)C1C[C@H]2C[C@@H]1CC2C(C)(C)C. The van der Waals surface area contributed by atoms with Crippen molar-refractivity contribution in [1.29, 1.82) is 0 Å². The van der Waals surface area contributed by atoms with Crippen molar-refractivity contribution in [3.63, 3.8) is 0 Å². The van der Waals surface area contributed by atoms with Gasteiger partial charge in [0, 0.05) is 0 Å². The van der Waals surface area contributed by atoms with Crippen LogP contribution in [0.15, 0.2) is 0 Å². The van der Waals surface area contributed by atoms with E-state index in [-0.39, 0.29) is 7.43 Å². The van der Waals surface area contributed by atoms with Crippen LogP contribution in [0.2, 0.25) is 0 Å². The smallest absolute Gasteiger partial charge is 0.0334 e. The van der Waals surface area contributed by atoms with Gasteiger partial charge in [-0.05, 0) is 54.3 Å². The molecule has 2 rings (SSSR count). The minimum atomic E-state index is 0. The maximum atomic E-state index is 2.43. The van der Waals surface area contributed by atoms with Crippen LogP contribution in [0, 0.1) is 35.0 Å². The van der Waals surface area contributed by atoms with Crippen molar-refractivity contribution in [2.45, 2.75) is 61.3 Å². The highest BCUT2D eigenvalue weighted by Gasteiger charge is 2.49. The summed E-state index contributed by atoms with van der Waals surface area (Å²) in [6.45, 7) is 12.1. The molecule has 2 unspecified atom stereocenters. The van der Waals surface area contributed by atoms with Crippen LogP contribution < -0.4 is 0 Å². The minimum Gasteiger partial charge on any atom is -0.0776 e. The highest BCUT2D eigenvalue weighted by Crippen LogP contribution is 2.58. The summed E-state index contributed by atoms with van der Waals surface area (Å²) < 4.78 is 0. The first kappa shape index (κ1) is 13.1. The van der Waals surface area contributed by atoms with E-state index in [9.17, 15) is 0 Å². The van der Waals surface area contributed by atoms with Crippen molar-refractivity contribution in [1.82, 2.24) is 0 Å². The van der Waals surface area contributed by atoms with Gasteiger partial charge in [0.05, 0.1) is 0 Å². The molecule has 0 saturated heterocycles. The van der Waals surface area contributed by atoms with Crippen LogP contribution in [0.4, 0.5) is 0 Å². The Balaban J connectivity index is 0.00000112. The zero-order chi connectivity index (χ0) is 10.5. The Bertz CT molecular complexity index is 209. The summed E-state index contributed by atoms with van der Waals surface area (Å²) in [6, 6.07) is 0. The van der Waals surface area contributed by atoms with Crippen LogP contribution in [0.1, 0.15) is 61.3 Å². The topological polar surface area (TPSA) is 0 Å². The van der Waals surface area contributed by atoms with E-state index in [1.807, 2.05) is 0 Å². The zero-order valence-corrected chi connectivity index (χ0v) is 10.5. The Hall–Kier alpha value is 0. The quantitative estimate of drug-likeness (QED) is 0.572. The van der Waals surface area contributed by atoms with E-state index in [2.05, 4.69) is 34.6 Å². The third-order valence-electron chi connectivity index (χ3n) is 4.88. The third-order valence-corrected chi connectivity index (χ3v) is 4.88. The standard InChI is InChI=1S/C14H26.CH4/c1-9(2)12-7-11-6-10(12)8-13(11)14(3,4)5;/h9-13H,6-8H2,1-5H3;1H4/t10-,11-,12?,13?;/m1./s1. The molecule has 4 atom stereocenters. The summed E-state index contributed by atoms with van der Waals surface area (Å²) in [4.78, 5) is 0. The normalized spacial score (nSPS) is 39.6. The summed E-state index contributed by atoms with van der Waals surface area (Å²) in [5, 5.41) is 0. The maximum absolute atomic E-state index is 2.43. The highest BCUT2D eigenvalue weighted by atomic mass is 14.5. The lowest BCUT2D eigenvalue weighted by atomic mass is 9.68. The van der Waals surface area contributed by atoms with Crippen LogP contribution in [0.5, 0.6) is 0 Å². The lowest BCUT2D eigenvalue weighted by Gasteiger charge is -2.37. The fourth-order valence-electron chi connectivity index (χ4n) is 4.20. The Labute approximate surface area is 96.8 Å². The lowest BCUT2D eigenvalue weighted by Crippen LogP contribution is -2.29. The van der Waals surface area contributed by atoms with Gasteiger partial charge in [0.1, 0.15) is 0 Å². The van der Waals surface area contributed by atoms with Crippen molar-refractivity contribution in [2.24, 2.45) is 35.0 Å². The second-order valence-electron chi connectivity index (χ2n) is 7.11. The van der Waals surface area contributed by atoms with Gasteiger partial charge in [-0.3, -0.25) is 0 Å². The molecule has 15 heavy (non-hydrogen) atoms. The predicted molar refractivity (Wildman–Crippen MR) is 68.8 cm³/mol. The van der Waals surface area contributed by atoms with Crippen molar-refractivity contribution >= 4 is 0 Å². The molecule has 0 radical (unpaired) electrons. The van der Waals surface area contributed by atoms with Crippen LogP contribution in [0.3, 0.4) is 0 Å². The molecule has 0 heteroatoms. The molecule has 2 saturated carbocycles. The van der Waals surface area contributed by atoms with Gasteiger partial charge in [-0.1, -0.05) is 42.0 Å². The van der Waals surface area contributed by atoms with E-state index in [4.69, 9.17) is 0 Å². The first-order valence-corrected chi connectivity index (χ1v) is 6.39. The predicted octanol–water partition coefficient (Wildman–Crippen LogP) is 4.99. The van der Waals surface area contributed by atoms with E-state index in [0.29, 0.717) is 5.41 Å². The summed E-state index contributed by atoms with van der Waals surface area (Å²) in [7, 11) is 0. The number of hydrogen-bond acceptors (Lipinski definition) is 0. The molecule has 2 aliphatic rings. The molecular formula is C15H30. The molecule has 2 aliphatic carbocycles. The molecule has 0 N–H and O–H groups in total. The van der Waals surface area contributed by atoms with Gasteiger partial charge in [-0.15, -0.1) is 0 Å². The van der Waals surface area contributed by atoms with E-state index < -0.39 is 0 Å². The monoisotopic (exact) mass is 210 g/mol. The number of hydrogen-bond donors (Lipinski definition) is 0. The zero-order valence-electron chi connectivity index (χ0n) is 10.5. The van der Waals surface area contributed by atoms with Crippen molar-refractivity contribution in [3.05, 3.63) is 0 Å². The summed E-state index contributed by atoms with van der Waals surface area (Å²) in [5.74, 6) is 5.13. The Kier molecular flexibility index (Phi) is 3.58. The molecule has 0 aromatic carbocycles. The molecule has 90 valence electrons. The number of fused-ring (bicyclic) bond motifs is 2. The third kappa shape index (κ3) is 2.24. The van der Waals surface area contributed by atoms with Crippen molar-refractivity contribution in [3.8, 4) is 0 Å². The molecule has 0 aromatic rings. The average molecular weight is 210 g/mol. The molecule has 0 aromatic heterocycles. The Morgan fingerprint density at radius 3 is 1.87 bits per heavy atom. The second kappa shape index (κ2) is 4.11. The molecule has 0 heterocycles. The Morgan fingerprint density at radius 2 is 1.53 bits per heavy atom. The summed E-state index contributed by atoms with van der Waals surface area (Å²) >= 11 is 0. The second-order valence-corrected chi connectivity index (χ2v) is 7.11. The van der Waals surface area contributed by atoms with E-state index in [0.717, 1.165) is 29.6 Å². The first-order chi connectivity index (χ1) is 6.39. The van der Waals surface area contributed by atoms with E-state index >= 15 is 0 Å². The van der Waals surface area contributed by atoms with Crippen LogP contribution in [-0.4, -0.2) is 0 Å². The minimum absolute atomic E-state index is 0. The summed E-state index contributed by atoms with van der Waals surface area (Å²) in [5.41, 5.74) is 0.557. The van der Waals surface area contributed by atoms with E-state index in [1.54, 1.807) is 6.42 Å². The van der Waals surface area contributed by atoms with Crippen molar-refractivity contribution < 1.29 is 0 Å². The van der Waals surface area contributed by atoms with E-state index in [1.165, 1.54) is 12.8 Å². The molecular weight excluding hydrogens is 180 g/mol. The van der Waals surface area contributed by atoms with Crippen LogP contribution in [-0.2, 0) is 0 Å². The lowest BCUT2D eigenvalue weighted by molar-refractivity contribution is 0.119. The molecule has 0 amide bonds. The fraction of sp³-hybridized carbons (Fsp3) is 1.00. The molecule has 2 fully saturated rings. The van der Waals surface area contributed by atoms with Gasteiger partial charge >= 0.3 is 0 Å². The van der Waals surface area contributed by atoms with Crippen molar-refractivity contribution in [2.75, 3.05) is 0 Å². The highest BCUT2D eigenvalue weighted by molar-refractivity contribution is 4.99. The number of rotatable bonds is 1. The largest absolute Gasteiger partial charge is 0.0776 e. The fourth-order valence-corrected chi connectivity index (χ4v) is 4.20. The average Bonchev–Trinajstić information content (AvgIpc) is 2.58. The summed E-state index contributed by atoms with van der Waals surface area (Å²) in [6.07, 6.45) is 4.60. The van der Waals surface area contributed by atoms with Gasteiger partial charge in [0.2, 0.25) is 0 Å².